The van der Waals surface area contributed by atoms with Crippen LogP contribution in [0.25, 0.3) is 121 Å². The van der Waals surface area contributed by atoms with Crippen LogP contribution in [0.2, 0.25) is 0 Å². The molecule has 0 unspecified atom stereocenters. The highest BCUT2D eigenvalue weighted by molar-refractivity contribution is 6.32. The summed E-state index contributed by atoms with van der Waals surface area (Å²) in [5.74, 6) is 0. The van der Waals surface area contributed by atoms with Crippen LogP contribution in [-0.4, -0.2) is 9.97 Å². The van der Waals surface area contributed by atoms with E-state index >= 15 is 0 Å². The number of benzene rings is 8. The van der Waals surface area contributed by atoms with Gasteiger partial charge in [-0.15, -0.1) is 0 Å². The van der Waals surface area contributed by atoms with E-state index in [0.717, 1.165) is 33.2 Å². The molecule has 2 nitrogen and oxygen atoms in total. The SMILES string of the molecule is c1ccc2c(c1)-c1ccc3c4c(ccc-2c14)-c1c-3c(-c2ccc3ccccc3n2)c2cc3ccccc3cc2c1-c1ccc2ccccc2n1. The Kier molecular flexibility index (Phi) is 5.00. The minimum absolute atomic E-state index is 0.988. The molecule has 2 heteroatoms. The summed E-state index contributed by atoms with van der Waals surface area (Å²) in [4.78, 5) is 10.8. The highest BCUT2D eigenvalue weighted by atomic mass is 14.7. The molecule has 2 heterocycles. The molecule has 2 aromatic heterocycles. The Hall–Kier alpha value is -6.64. The maximum atomic E-state index is 5.39. The third-order valence-electron chi connectivity index (χ3n) is 11.1. The zero-order chi connectivity index (χ0) is 32.5. The normalized spacial score (nSPS) is 12.4. The fourth-order valence-electron chi connectivity index (χ4n) is 8.97. The van der Waals surface area contributed by atoms with E-state index in [-0.39, 0.29) is 0 Å². The molecule has 50 heavy (non-hydrogen) atoms. The van der Waals surface area contributed by atoms with Crippen molar-refractivity contribution in [1.82, 2.24) is 9.97 Å². The first-order chi connectivity index (χ1) is 24.8. The summed E-state index contributed by atoms with van der Waals surface area (Å²) in [7, 11) is 0. The van der Waals surface area contributed by atoms with Gasteiger partial charge in [0.1, 0.15) is 0 Å². The molecule has 10 aromatic rings. The first kappa shape index (κ1) is 26.3. The van der Waals surface area contributed by atoms with Crippen LogP contribution in [0.15, 0.2) is 158 Å². The van der Waals surface area contributed by atoms with E-state index in [4.69, 9.17) is 9.97 Å². The van der Waals surface area contributed by atoms with Crippen LogP contribution in [0.3, 0.4) is 0 Å². The standard InChI is InChI=1S/C48H26N2/c1-2-12-30-26-38-37(25-29(30)11-1)45(41-23-17-27-9-3-7-15-39(27)49-41)47-35-21-19-33-31-13-5-6-14-32(31)34-20-22-36(44(35)43(33)34)48(47)46(38)42-24-18-28-10-4-8-16-40(28)50-42/h1-26H. The number of nitrogens with zero attached hydrogens (tertiary/aromatic N) is 2. The third-order valence-corrected chi connectivity index (χ3v) is 11.1. The van der Waals surface area contributed by atoms with Gasteiger partial charge in [-0.05, 0) is 102 Å². The smallest absolute Gasteiger partial charge is 0.0722 e. The molecule has 0 saturated heterocycles. The Balaban J connectivity index is 1.31. The van der Waals surface area contributed by atoms with Crippen LogP contribution >= 0.6 is 0 Å². The van der Waals surface area contributed by atoms with Crippen molar-refractivity contribution in [2.24, 2.45) is 0 Å². The predicted molar refractivity (Wildman–Crippen MR) is 209 cm³/mol. The Labute approximate surface area is 287 Å². The molecule has 0 atom stereocenters. The Morgan fingerprint density at radius 1 is 0.280 bits per heavy atom. The fraction of sp³-hybridized carbons (Fsp3) is 0. The van der Waals surface area contributed by atoms with Crippen LogP contribution in [0.5, 0.6) is 0 Å². The molecule has 0 aliphatic heterocycles. The van der Waals surface area contributed by atoms with Crippen LogP contribution in [0.1, 0.15) is 0 Å². The lowest BCUT2D eigenvalue weighted by molar-refractivity contribution is 1.40. The second-order valence-electron chi connectivity index (χ2n) is 13.6. The van der Waals surface area contributed by atoms with Crippen molar-refractivity contribution in [2.45, 2.75) is 0 Å². The van der Waals surface area contributed by atoms with Crippen LogP contribution in [0, 0.1) is 0 Å². The Morgan fingerprint density at radius 2 is 0.680 bits per heavy atom. The molecule has 228 valence electrons. The Bertz CT molecular complexity index is 2940. The van der Waals surface area contributed by atoms with Crippen molar-refractivity contribution >= 4 is 54.1 Å². The number of hydrogen-bond donors (Lipinski definition) is 0. The van der Waals surface area contributed by atoms with Gasteiger partial charge in [-0.25, -0.2) is 9.97 Å². The zero-order valence-corrected chi connectivity index (χ0v) is 26.9. The lowest BCUT2D eigenvalue weighted by atomic mass is 9.83. The van der Waals surface area contributed by atoms with E-state index in [9.17, 15) is 0 Å². The largest absolute Gasteiger partial charge is 0.248 e. The molecule has 0 spiro atoms. The molecule has 0 fully saturated rings. The molecular weight excluding hydrogens is 605 g/mol. The van der Waals surface area contributed by atoms with Crippen molar-refractivity contribution in [1.29, 1.82) is 0 Å². The quantitative estimate of drug-likeness (QED) is 0.178. The molecule has 8 aromatic carbocycles. The van der Waals surface area contributed by atoms with E-state index < -0.39 is 0 Å². The molecule has 0 radical (unpaired) electrons. The average molecular weight is 631 g/mol. The van der Waals surface area contributed by atoms with Gasteiger partial charge in [0.2, 0.25) is 0 Å². The van der Waals surface area contributed by atoms with E-state index in [1.165, 1.54) is 88.0 Å². The third kappa shape index (κ3) is 3.37. The van der Waals surface area contributed by atoms with Crippen LogP contribution in [0.4, 0.5) is 0 Å². The minimum Gasteiger partial charge on any atom is -0.248 e. The lowest BCUT2D eigenvalue weighted by Gasteiger charge is -2.20. The highest BCUT2D eigenvalue weighted by Gasteiger charge is 2.35. The van der Waals surface area contributed by atoms with Gasteiger partial charge >= 0.3 is 0 Å². The van der Waals surface area contributed by atoms with Crippen LogP contribution in [-0.2, 0) is 0 Å². The first-order valence-corrected chi connectivity index (χ1v) is 17.3. The predicted octanol–water partition coefficient (Wildman–Crippen LogP) is 12.9. The zero-order valence-electron chi connectivity index (χ0n) is 26.9. The van der Waals surface area contributed by atoms with Gasteiger partial charge in [0.25, 0.3) is 0 Å². The van der Waals surface area contributed by atoms with E-state index in [2.05, 4.69) is 158 Å². The lowest BCUT2D eigenvalue weighted by Crippen LogP contribution is -1.97. The minimum atomic E-state index is 0.988. The summed E-state index contributed by atoms with van der Waals surface area (Å²) in [6, 6.07) is 57.5. The van der Waals surface area contributed by atoms with E-state index in [1.807, 2.05) is 0 Å². The molecule has 0 bridgehead atoms. The summed E-state index contributed by atoms with van der Waals surface area (Å²) in [5, 5.41) is 9.77. The topological polar surface area (TPSA) is 25.8 Å². The van der Waals surface area contributed by atoms with Gasteiger partial charge < -0.3 is 0 Å². The van der Waals surface area contributed by atoms with Gasteiger partial charge in [-0.2, -0.15) is 0 Å². The monoisotopic (exact) mass is 630 g/mol. The number of pyridine rings is 2. The van der Waals surface area contributed by atoms with Gasteiger partial charge in [0.05, 0.1) is 22.4 Å². The fourth-order valence-corrected chi connectivity index (χ4v) is 8.97. The van der Waals surface area contributed by atoms with E-state index in [0.29, 0.717) is 0 Å². The number of aromatic nitrogens is 2. The van der Waals surface area contributed by atoms with Gasteiger partial charge in [-0.1, -0.05) is 121 Å². The van der Waals surface area contributed by atoms with E-state index in [1.54, 1.807) is 0 Å². The average Bonchev–Trinajstić information content (AvgIpc) is 3.68. The Morgan fingerprint density at radius 3 is 1.18 bits per heavy atom. The summed E-state index contributed by atoms with van der Waals surface area (Å²) in [6.45, 7) is 0. The summed E-state index contributed by atoms with van der Waals surface area (Å²) in [5.41, 5.74) is 16.6. The highest BCUT2D eigenvalue weighted by Crippen LogP contribution is 2.61. The number of rotatable bonds is 2. The second kappa shape index (κ2) is 9.49. The first-order valence-electron chi connectivity index (χ1n) is 17.3. The molecule has 2 aliphatic rings. The van der Waals surface area contributed by atoms with Crippen molar-refractivity contribution in [3.63, 3.8) is 0 Å². The molecule has 0 N–H and O–H groups in total. The van der Waals surface area contributed by atoms with Gasteiger partial charge in [0, 0.05) is 33.0 Å². The summed E-state index contributed by atoms with van der Waals surface area (Å²) in [6.07, 6.45) is 0. The van der Waals surface area contributed by atoms with Gasteiger partial charge in [0.15, 0.2) is 0 Å². The summed E-state index contributed by atoms with van der Waals surface area (Å²) < 4.78 is 0. The van der Waals surface area contributed by atoms with Crippen LogP contribution < -0.4 is 0 Å². The number of para-hydroxylation sites is 2. The second-order valence-corrected chi connectivity index (χ2v) is 13.6. The molecular formula is C48H26N2. The van der Waals surface area contributed by atoms with Crippen molar-refractivity contribution in [2.75, 3.05) is 0 Å². The molecule has 2 aliphatic carbocycles. The molecule has 12 rings (SSSR count). The van der Waals surface area contributed by atoms with Crippen molar-refractivity contribution in [3.05, 3.63) is 158 Å². The van der Waals surface area contributed by atoms with Crippen molar-refractivity contribution in [3.8, 4) is 67.0 Å². The number of hydrogen-bond acceptors (Lipinski definition) is 2. The molecule has 0 saturated carbocycles. The number of fused-ring (bicyclic) bond motifs is 10. The maximum absolute atomic E-state index is 5.39. The molecule has 0 amide bonds. The summed E-state index contributed by atoms with van der Waals surface area (Å²) >= 11 is 0. The maximum Gasteiger partial charge on any atom is 0.0722 e. The van der Waals surface area contributed by atoms with Gasteiger partial charge in [-0.3, -0.25) is 0 Å². The van der Waals surface area contributed by atoms with Crippen molar-refractivity contribution < 1.29 is 0 Å².